The van der Waals surface area contributed by atoms with Gasteiger partial charge in [-0.25, -0.2) is 13.1 Å². The lowest BCUT2D eigenvalue weighted by Crippen LogP contribution is -2.44. The topological polar surface area (TPSA) is 58.6 Å². The highest BCUT2D eigenvalue weighted by molar-refractivity contribution is 7.89. The van der Waals surface area contributed by atoms with E-state index in [9.17, 15) is 8.42 Å². The third-order valence-corrected chi connectivity index (χ3v) is 6.51. The summed E-state index contributed by atoms with van der Waals surface area (Å²) in [7, 11) is -3.19. The molecule has 2 aliphatic heterocycles. The van der Waals surface area contributed by atoms with Crippen LogP contribution in [0.5, 0.6) is 0 Å². The average Bonchev–Trinajstić information content (AvgIpc) is 3.15. The van der Waals surface area contributed by atoms with E-state index in [0.717, 1.165) is 51.1 Å². The van der Waals surface area contributed by atoms with Crippen molar-refractivity contribution in [3.63, 3.8) is 0 Å². The van der Waals surface area contributed by atoms with Gasteiger partial charge in [0.15, 0.2) is 0 Å². The second-order valence-electron chi connectivity index (χ2n) is 6.90. The number of nitrogens with one attached hydrogen (secondary N) is 1. The number of hydrogen-bond acceptors (Lipinski definition) is 4. The lowest BCUT2D eigenvalue weighted by molar-refractivity contribution is 0.111. The van der Waals surface area contributed by atoms with Gasteiger partial charge in [0.05, 0.1) is 12.4 Å². The summed E-state index contributed by atoms with van der Waals surface area (Å²) in [6.07, 6.45) is 3.84. The molecule has 0 bridgehead atoms. The molecular formula is C18H28N2O3S. The van der Waals surface area contributed by atoms with Crippen LogP contribution >= 0.6 is 0 Å². The molecule has 3 rings (SSSR count). The highest BCUT2D eigenvalue weighted by Gasteiger charge is 2.28. The summed E-state index contributed by atoms with van der Waals surface area (Å²) in [6.45, 7) is 4.43. The molecule has 1 aromatic carbocycles. The van der Waals surface area contributed by atoms with Crippen LogP contribution in [0.3, 0.4) is 0 Å². The van der Waals surface area contributed by atoms with Gasteiger partial charge in [-0.2, -0.15) is 0 Å². The smallest absolute Gasteiger partial charge is 0.211 e. The van der Waals surface area contributed by atoms with Crippen molar-refractivity contribution in [2.75, 3.05) is 38.6 Å². The Morgan fingerprint density at radius 3 is 2.54 bits per heavy atom. The first-order valence-electron chi connectivity index (χ1n) is 8.95. The monoisotopic (exact) mass is 352 g/mol. The van der Waals surface area contributed by atoms with E-state index in [2.05, 4.69) is 9.62 Å². The van der Waals surface area contributed by atoms with Gasteiger partial charge in [0.2, 0.25) is 10.0 Å². The molecule has 2 heterocycles. The lowest BCUT2D eigenvalue weighted by Gasteiger charge is -2.35. The number of likely N-dealkylation sites (tertiary alicyclic amines) is 1. The van der Waals surface area contributed by atoms with Crippen LogP contribution < -0.4 is 4.72 Å². The van der Waals surface area contributed by atoms with Crippen molar-refractivity contribution in [3.05, 3.63) is 35.9 Å². The molecule has 0 spiro atoms. The highest BCUT2D eigenvalue weighted by atomic mass is 32.2. The van der Waals surface area contributed by atoms with Gasteiger partial charge in [0.1, 0.15) is 0 Å². The van der Waals surface area contributed by atoms with Gasteiger partial charge in [-0.15, -0.1) is 0 Å². The zero-order valence-electron chi connectivity index (χ0n) is 14.2. The van der Waals surface area contributed by atoms with Gasteiger partial charge in [0, 0.05) is 19.2 Å². The Hall–Kier alpha value is -0.950. The first-order valence-corrected chi connectivity index (χ1v) is 10.6. The maximum Gasteiger partial charge on any atom is 0.211 e. The summed E-state index contributed by atoms with van der Waals surface area (Å²) in [5.41, 5.74) is 1.06. The molecule has 1 N–H and O–H groups in total. The Kier molecular flexibility index (Phi) is 6.27. The fourth-order valence-corrected chi connectivity index (χ4v) is 4.68. The molecule has 0 aliphatic carbocycles. The van der Waals surface area contributed by atoms with E-state index in [4.69, 9.17) is 4.74 Å². The largest absolute Gasteiger partial charge is 0.380 e. The first kappa shape index (κ1) is 17.9. The summed E-state index contributed by atoms with van der Waals surface area (Å²) in [6, 6.07) is 10.3. The second kappa shape index (κ2) is 8.43. The Bertz CT molecular complexity index is 592. The maximum atomic E-state index is 12.2. The highest BCUT2D eigenvalue weighted by Crippen LogP contribution is 2.22. The van der Waals surface area contributed by atoms with Gasteiger partial charge in [-0.3, -0.25) is 4.90 Å². The van der Waals surface area contributed by atoms with Crippen LogP contribution in [0.25, 0.3) is 0 Å². The Balaban J connectivity index is 1.37. The average molecular weight is 353 g/mol. The Labute approximate surface area is 145 Å². The molecule has 134 valence electrons. The third kappa shape index (κ3) is 5.28. The first-order chi connectivity index (χ1) is 11.6. The zero-order valence-corrected chi connectivity index (χ0v) is 15.0. The SMILES string of the molecule is O=S(=O)(CCc1ccccc1)NCC1CCN([C@H]2CCOC2)CC1. The van der Waals surface area contributed by atoms with Gasteiger partial charge in [0.25, 0.3) is 0 Å². The van der Waals surface area contributed by atoms with Crippen LogP contribution in [0.15, 0.2) is 30.3 Å². The summed E-state index contributed by atoms with van der Waals surface area (Å²) >= 11 is 0. The number of ether oxygens (including phenoxy) is 1. The number of rotatable bonds is 7. The van der Waals surface area contributed by atoms with Crippen LogP contribution in [-0.4, -0.2) is 58.0 Å². The van der Waals surface area contributed by atoms with Crippen LogP contribution in [0.2, 0.25) is 0 Å². The predicted molar refractivity (Wildman–Crippen MR) is 95.5 cm³/mol. The molecular weight excluding hydrogens is 324 g/mol. The summed E-state index contributed by atoms with van der Waals surface area (Å²) in [5.74, 6) is 0.616. The maximum absolute atomic E-state index is 12.2. The second-order valence-corrected chi connectivity index (χ2v) is 8.83. The molecule has 1 aromatic rings. The number of nitrogens with zero attached hydrogens (tertiary/aromatic N) is 1. The molecule has 2 aliphatic rings. The van der Waals surface area contributed by atoms with E-state index in [1.165, 1.54) is 0 Å². The fourth-order valence-electron chi connectivity index (χ4n) is 3.55. The number of sulfonamides is 1. The van der Waals surface area contributed by atoms with E-state index in [1.807, 2.05) is 30.3 Å². The van der Waals surface area contributed by atoms with Gasteiger partial charge < -0.3 is 4.74 Å². The van der Waals surface area contributed by atoms with E-state index < -0.39 is 10.0 Å². The Morgan fingerprint density at radius 2 is 1.88 bits per heavy atom. The zero-order chi connectivity index (χ0) is 16.8. The molecule has 6 heteroatoms. The van der Waals surface area contributed by atoms with Crippen molar-refractivity contribution in [1.82, 2.24) is 9.62 Å². The Morgan fingerprint density at radius 1 is 1.12 bits per heavy atom. The number of benzene rings is 1. The summed E-state index contributed by atoms with van der Waals surface area (Å²) in [5, 5.41) is 0. The molecule has 5 nitrogen and oxygen atoms in total. The standard InChI is InChI=1S/C18H28N2O3S/c21-24(22,13-9-16-4-2-1-3-5-16)19-14-17-6-10-20(11-7-17)18-8-12-23-15-18/h1-5,17-19H,6-15H2/t18-/m0/s1. The molecule has 2 fully saturated rings. The van der Waals surface area contributed by atoms with E-state index >= 15 is 0 Å². The van der Waals surface area contributed by atoms with Crippen molar-refractivity contribution in [2.45, 2.75) is 31.7 Å². The van der Waals surface area contributed by atoms with Crippen molar-refractivity contribution in [3.8, 4) is 0 Å². The van der Waals surface area contributed by atoms with Crippen LogP contribution in [0.1, 0.15) is 24.8 Å². The molecule has 0 saturated carbocycles. The van der Waals surface area contributed by atoms with Crippen LogP contribution in [-0.2, 0) is 21.2 Å². The van der Waals surface area contributed by atoms with Gasteiger partial charge >= 0.3 is 0 Å². The quantitative estimate of drug-likeness (QED) is 0.811. The molecule has 1 atom stereocenters. The number of piperidine rings is 1. The fraction of sp³-hybridized carbons (Fsp3) is 0.667. The van der Waals surface area contributed by atoms with Gasteiger partial charge in [-0.05, 0) is 50.3 Å². The lowest BCUT2D eigenvalue weighted by atomic mass is 9.96. The molecule has 24 heavy (non-hydrogen) atoms. The van der Waals surface area contributed by atoms with Gasteiger partial charge in [-0.1, -0.05) is 30.3 Å². The van der Waals surface area contributed by atoms with E-state index in [-0.39, 0.29) is 5.75 Å². The molecule has 0 unspecified atom stereocenters. The molecule has 2 saturated heterocycles. The van der Waals surface area contributed by atoms with E-state index in [0.29, 0.717) is 24.9 Å². The molecule has 0 amide bonds. The third-order valence-electron chi connectivity index (χ3n) is 5.17. The minimum Gasteiger partial charge on any atom is -0.380 e. The van der Waals surface area contributed by atoms with Crippen LogP contribution in [0, 0.1) is 5.92 Å². The van der Waals surface area contributed by atoms with Crippen molar-refractivity contribution in [2.24, 2.45) is 5.92 Å². The molecule has 0 radical (unpaired) electrons. The summed E-state index contributed by atoms with van der Waals surface area (Å²) < 4.78 is 32.6. The normalized spacial score (nSPS) is 23.6. The molecule has 0 aromatic heterocycles. The van der Waals surface area contributed by atoms with Crippen molar-refractivity contribution in [1.29, 1.82) is 0 Å². The number of hydrogen-bond donors (Lipinski definition) is 1. The predicted octanol–water partition coefficient (Wildman–Crippen LogP) is 1.65. The minimum atomic E-state index is -3.19. The minimum absolute atomic E-state index is 0.162. The summed E-state index contributed by atoms with van der Waals surface area (Å²) in [4.78, 5) is 2.51. The van der Waals surface area contributed by atoms with E-state index in [1.54, 1.807) is 0 Å². The van der Waals surface area contributed by atoms with Crippen molar-refractivity contribution < 1.29 is 13.2 Å². The van der Waals surface area contributed by atoms with Crippen LogP contribution in [0.4, 0.5) is 0 Å². The van der Waals surface area contributed by atoms with Crippen molar-refractivity contribution >= 4 is 10.0 Å². The number of aryl methyl sites for hydroxylation is 1.